The number of benzene rings is 1. The quantitative estimate of drug-likeness (QED) is 0.842. The van der Waals surface area contributed by atoms with Crippen LogP contribution in [-0.4, -0.2) is 21.4 Å². The molecule has 5 heteroatoms. The van der Waals surface area contributed by atoms with Gasteiger partial charge in [0.05, 0.1) is 13.2 Å². The normalized spacial score (nSPS) is 12.5. The Morgan fingerprint density at radius 2 is 2.11 bits per heavy atom. The predicted molar refractivity (Wildman–Crippen MR) is 69.7 cm³/mol. The molecule has 96 valence electrons. The van der Waals surface area contributed by atoms with Gasteiger partial charge in [-0.2, -0.15) is 0 Å². The molecular weight excluding hydrogens is 228 g/mol. The lowest BCUT2D eigenvalue weighted by Gasteiger charge is -2.11. The molecule has 0 saturated carbocycles. The summed E-state index contributed by atoms with van der Waals surface area (Å²) in [7, 11) is 0. The summed E-state index contributed by atoms with van der Waals surface area (Å²) in [6.07, 6.45) is 1.64. The molecule has 18 heavy (non-hydrogen) atoms. The summed E-state index contributed by atoms with van der Waals surface area (Å²) in [4.78, 5) is 3.89. The maximum absolute atomic E-state index is 5.67. The first-order chi connectivity index (χ1) is 8.74. The van der Waals surface area contributed by atoms with Crippen molar-refractivity contribution in [3.05, 3.63) is 42.2 Å². The molecule has 1 atom stereocenters. The zero-order chi connectivity index (χ0) is 12.8. The summed E-state index contributed by atoms with van der Waals surface area (Å²) in [6.45, 7) is 4.21. The largest absolute Gasteiger partial charge is 0.376 e. The van der Waals surface area contributed by atoms with E-state index in [2.05, 4.69) is 29.1 Å². The zero-order valence-electron chi connectivity index (χ0n) is 10.5. The topological polar surface area (TPSA) is 66.0 Å². The van der Waals surface area contributed by atoms with Gasteiger partial charge in [-0.05, 0) is 11.5 Å². The van der Waals surface area contributed by atoms with E-state index in [1.165, 1.54) is 5.56 Å². The molecule has 0 amide bonds. The highest BCUT2D eigenvalue weighted by atomic mass is 16.5. The highest BCUT2D eigenvalue weighted by Gasteiger charge is 2.05. The van der Waals surface area contributed by atoms with Crippen LogP contribution >= 0.6 is 0 Å². The molecule has 1 unspecified atom stereocenters. The van der Waals surface area contributed by atoms with Gasteiger partial charge < -0.3 is 10.5 Å². The predicted octanol–water partition coefficient (Wildman–Crippen LogP) is 1.71. The zero-order valence-corrected chi connectivity index (χ0v) is 10.5. The Hall–Kier alpha value is -1.88. The molecule has 0 saturated heterocycles. The average molecular weight is 246 g/mol. The number of rotatable bonds is 6. The fourth-order valence-electron chi connectivity index (χ4n) is 1.72. The first-order valence-corrected chi connectivity index (χ1v) is 6.00. The van der Waals surface area contributed by atoms with Crippen LogP contribution in [0.15, 0.2) is 36.7 Å². The number of anilines is 1. The lowest BCUT2D eigenvalue weighted by Crippen LogP contribution is -2.14. The van der Waals surface area contributed by atoms with Crippen LogP contribution in [0.4, 0.5) is 5.95 Å². The van der Waals surface area contributed by atoms with Gasteiger partial charge in [0.25, 0.3) is 0 Å². The summed E-state index contributed by atoms with van der Waals surface area (Å²) in [5, 5.41) is 4.04. The summed E-state index contributed by atoms with van der Waals surface area (Å²) in [5.41, 5.74) is 6.65. The Balaban J connectivity index is 1.70. The summed E-state index contributed by atoms with van der Waals surface area (Å²) >= 11 is 0. The van der Waals surface area contributed by atoms with E-state index in [-0.39, 0.29) is 0 Å². The fraction of sp³-hybridized carbons (Fsp3) is 0.385. The maximum Gasteiger partial charge on any atom is 0.239 e. The van der Waals surface area contributed by atoms with Gasteiger partial charge in [0.2, 0.25) is 5.95 Å². The van der Waals surface area contributed by atoms with Crippen LogP contribution in [0.3, 0.4) is 0 Å². The van der Waals surface area contributed by atoms with Gasteiger partial charge in [-0.1, -0.05) is 37.3 Å². The highest BCUT2D eigenvalue weighted by molar-refractivity contribution is 5.13. The summed E-state index contributed by atoms with van der Waals surface area (Å²) in [6, 6.07) is 10.1. The second-order valence-corrected chi connectivity index (χ2v) is 4.43. The second kappa shape index (κ2) is 6.16. The molecular formula is C13H18N4O. The molecule has 1 heterocycles. The van der Waals surface area contributed by atoms with Crippen molar-refractivity contribution in [2.75, 3.05) is 12.3 Å². The number of ether oxygens (including phenoxy) is 1. The van der Waals surface area contributed by atoms with Crippen molar-refractivity contribution in [2.24, 2.45) is 5.92 Å². The Kier molecular flexibility index (Phi) is 4.30. The Morgan fingerprint density at radius 3 is 2.78 bits per heavy atom. The third-order valence-electron chi connectivity index (χ3n) is 2.57. The Bertz CT molecular complexity index is 469. The molecule has 0 spiro atoms. The Morgan fingerprint density at radius 1 is 1.33 bits per heavy atom. The monoisotopic (exact) mass is 246 g/mol. The van der Waals surface area contributed by atoms with Crippen LogP contribution in [0.5, 0.6) is 0 Å². The number of hydrogen-bond acceptors (Lipinski definition) is 4. The maximum atomic E-state index is 5.67. The summed E-state index contributed by atoms with van der Waals surface area (Å²) in [5.74, 6) is 0.683. The van der Waals surface area contributed by atoms with E-state index >= 15 is 0 Å². The van der Waals surface area contributed by atoms with Crippen LogP contribution in [0.2, 0.25) is 0 Å². The van der Waals surface area contributed by atoms with E-state index in [9.17, 15) is 0 Å². The lowest BCUT2D eigenvalue weighted by molar-refractivity contribution is 0.0857. The van der Waals surface area contributed by atoms with Crippen molar-refractivity contribution in [1.29, 1.82) is 0 Å². The van der Waals surface area contributed by atoms with E-state index in [4.69, 9.17) is 10.5 Å². The van der Waals surface area contributed by atoms with Crippen molar-refractivity contribution >= 4 is 5.95 Å². The first kappa shape index (κ1) is 12.6. The number of nitrogens with two attached hydrogens (primary N) is 1. The van der Waals surface area contributed by atoms with Crippen molar-refractivity contribution in [3.63, 3.8) is 0 Å². The van der Waals surface area contributed by atoms with Crippen LogP contribution in [-0.2, 0) is 17.9 Å². The van der Waals surface area contributed by atoms with E-state index in [1.807, 2.05) is 18.2 Å². The lowest BCUT2D eigenvalue weighted by atomic mass is 10.2. The highest BCUT2D eigenvalue weighted by Crippen LogP contribution is 2.05. The van der Waals surface area contributed by atoms with Gasteiger partial charge in [-0.25, -0.2) is 4.98 Å². The number of hydrogen-bond donors (Lipinski definition) is 1. The SMILES string of the molecule is CC(COCc1ccccc1)Cn1cnc(N)n1. The van der Waals surface area contributed by atoms with Crippen molar-refractivity contribution in [1.82, 2.24) is 14.8 Å². The van der Waals surface area contributed by atoms with E-state index in [1.54, 1.807) is 11.0 Å². The number of nitrogen functional groups attached to an aromatic ring is 1. The molecule has 5 nitrogen and oxygen atoms in total. The first-order valence-electron chi connectivity index (χ1n) is 6.00. The van der Waals surface area contributed by atoms with Crippen LogP contribution in [0, 0.1) is 5.92 Å². The van der Waals surface area contributed by atoms with Crippen molar-refractivity contribution in [3.8, 4) is 0 Å². The van der Waals surface area contributed by atoms with Gasteiger partial charge in [0.15, 0.2) is 0 Å². The molecule has 2 rings (SSSR count). The van der Waals surface area contributed by atoms with E-state index in [0.717, 1.165) is 6.54 Å². The van der Waals surface area contributed by atoms with Gasteiger partial charge in [-0.3, -0.25) is 4.68 Å². The molecule has 2 N–H and O–H groups in total. The third-order valence-corrected chi connectivity index (χ3v) is 2.57. The Labute approximate surface area is 107 Å². The van der Waals surface area contributed by atoms with Crippen LogP contribution in [0.1, 0.15) is 12.5 Å². The molecule has 1 aromatic heterocycles. The summed E-state index contributed by atoms with van der Waals surface area (Å²) < 4.78 is 7.41. The molecule has 1 aromatic carbocycles. The van der Waals surface area contributed by atoms with Crippen molar-refractivity contribution in [2.45, 2.75) is 20.1 Å². The number of aromatic nitrogens is 3. The van der Waals surface area contributed by atoms with Gasteiger partial charge in [0, 0.05) is 6.54 Å². The molecule has 0 aliphatic carbocycles. The van der Waals surface area contributed by atoms with Crippen LogP contribution in [0.25, 0.3) is 0 Å². The average Bonchev–Trinajstić information content (AvgIpc) is 2.76. The standard InChI is InChI=1S/C13H18N4O/c1-11(7-17-10-15-13(14)16-17)8-18-9-12-5-3-2-4-6-12/h2-6,10-11H,7-9H2,1H3,(H2,14,16). The molecule has 0 aliphatic rings. The van der Waals surface area contributed by atoms with Gasteiger partial charge in [0.1, 0.15) is 6.33 Å². The van der Waals surface area contributed by atoms with Crippen molar-refractivity contribution < 1.29 is 4.74 Å². The minimum Gasteiger partial charge on any atom is -0.376 e. The van der Waals surface area contributed by atoms with E-state index < -0.39 is 0 Å². The number of nitrogens with zero attached hydrogens (tertiary/aromatic N) is 3. The minimum atomic E-state index is 0.312. The third kappa shape index (κ3) is 3.85. The second-order valence-electron chi connectivity index (χ2n) is 4.43. The van der Waals surface area contributed by atoms with Gasteiger partial charge in [-0.15, -0.1) is 5.10 Å². The molecule has 0 fully saturated rings. The molecule has 0 aliphatic heterocycles. The van der Waals surface area contributed by atoms with Gasteiger partial charge >= 0.3 is 0 Å². The fourth-order valence-corrected chi connectivity index (χ4v) is 1.72. The van der Waals surface area contributed by atoms with E-state index in [0.29, 0.717) is 25.1 Å². The van der Waals surface area contributed by atoms with Crippen LogP contribution < -0.4 is 5.73 Å². The molecule has 0 bridgehead atoms. The smallest absolute Gasteiger partial charge is 0.239 e. The molecule has 2 aromatic rings. The molecule has 0 radical (unpaired) electrons. The minimum absolute atomic E-state index is 0.312.